The highest BCUT2D eigenvalue weighted by molar-refractivity contribution is 5.76. The third-order valence-corrected chi connectivity index (χ3v) is 3.58. The lowest BCUT2D eigenvalue weighted by molar-refractivity contribution is -0.329. The van der Waals surface area contributed by atoms with Gasteiger partial charge in [0.25, 0.3) is 0 Å². The number of alkyl halides is 2. The summed E-state index contributed by atoms with van der Waals surface area (Å²) in [5.41, 5.74) is -0.923. The molecule has 0 aromatic heterocycles. The van der Waals surface area contributed by atoms with Crippen LogP contribution in [0.25, 0.3) is 0 Å². The van der Waals surface area contributed by atoms with Gasteiger partial charge in [-0.2, -0.15) is 8.78 Å². The fourth-order valence-corrected chi connectivity index (χ4v) is 2.69. The smallest absolute Gasteiger partial charge is 0.323 e. The second-order valence-electron chi connectivity index (χ2n) is 5.54. The van der Waals surface area contributed by atoms with Crippen molar-refractivity contribution in [3.05, 3.63) is 0 Å². The number of carbonyl (C=O) groups is 1. The maximum atomic E-state index is 13.2. The molecule has 2 saturated heterocycles. The van der Waals surface area contributed by atoms with E-state index >= 15 is 0 Å². The summed E-state index contributed by atoms with van der Waals surface area (Å²) in [6, 6.07) is -0.0125. The Morgan fingerprint density at radius 1 is 1.42 bits per heavy atom. The predicted molar refractivity (Wildman–Crippen MR) is 66.1 cm³/mol. The van der Waals surface area contributed by atoms with E-state index in [1.807, 2.05) is 20.8 Å². The number of likely N-dealkylation sites (tertiary alicyclic amines) is 1. The van der Waals surface area contributed by atoms with Gasteiger partial charge in [0, 0.05) is 19.1 Å². The number of nitrogens with one attached hydrogen (secondary N) is 1. The van der Waals surface area contributed by atoms with Gasteiger partial charge in [0.1, 0.15) is 5.60 Å². The molecular weight excluding hydrogens is 256 g/mol. The molecule has 110 valence electrons. The van der Waals surface area contributed by atoms with Crippen molar-refractivity contribution in [3.8, 4) is 0 Å². The minimum atomic E-state index is -3.14. The second-order valence-corrected chi connectivity index (χ2v) is 5.54. The SMILES string of the molecule is CCN(C(=O)N1CC2(CNCC(F)(F)O2)C1)C(C)C. The van der Waals surface area contributed by atoms with E-state index < -0.39 is 18.3 Å². The molecule has 1 N–H and O–H groups in total. The second kappa shape index (κ2) is 4.86. The van der Waals surface area contributed by atoms with Crippen molar-refractivity contribution in [1.82, 2.24) is 15.1 Å². The van der Waals surface area contributed by atoms with Crippen LogP contribution in [0, 0.1) is 0 Å². The van der Waals surface area contributed by atoms with E-state index in [1.165, 1.54) is 0 Å². The molecule has 0 atom stereocenters. The van der Waals surface area contributed by atoms with Gasteiger partial charge >= 0.3 is 12.1 Å². The van der Waals surface area contributed by atoms with Crippen molar-refractivity contribution in [2.75, 3.05) is 32.7 Å². The van der Waals surface area contributed by atoms with E-state index in [4.69, 9.17) is 4.74 Å². The van der Waals surface area contributed by atoms with Gasteiger partial charge in [-0.25, -0.2) is 4.79 Å². The van der Waals surface area contributed by atoms with E-state index in [9.17, 15) is 13.6 Å². The van der Waals surface area contributed by atoms with E-state index in [1.54, 1.807) is 9.80 Å². The van der Waals surface area contributed by atoms with E-state index in [0.717, 1.165) is 0 Å². The fraction of sp³-hybridized carbons (Fsp3) is 0.917. The lowest BCUT2D eigenvalue weighted by Gasteiger charge is -2.53. The largest absolute Gasteiger partial charge is 0.368 e. The van der Waals surface area contributed by atoms with Crippen molar-refractivity contribution in [3.63, 3.8) is 0 Å². The Morgan fingerprint density at radius 2 is 2.05 bits per heavy atom. The number of morpholine rings is 1. The number of ether oxygens (including phenoxy) is 1. The molecule has 0 bridgehead atoms. The molecule has 2 aliphatic heterocycles. The van der Waals surface area contributed by atoms with Gasteiger partial charge in [-0.3, -0.25) is 0 Å². The third-order valence-electron chi connectivity index (χ3n) is 3.58. The number of hydrogen-bond donors (Lipinski definition) is 1. The summed E-state index contributed by atoms with van der Waals surface area (Å²) in [7, 11) is 0. The Hall–Kier alpha value is -0.950. The molecule has 2 aliphatic rings. The number of rotatable bonds is 2. The molecule has 0 unspecified atom stereocenters. The summed E-state index contributed by atoms with van der Waals surface area (Å²) in [6.45, 7) is 6.72. The molecule has 19 heavy (non-hydrogen) atoms. The van der Waals surface area contributed by atoms with Crippen LogP contribution in [0.5, 0.6) is 0 Å². The van der Waals surface area contributed by atoms with E-state index in [0.29, 0.717) is 13.1 Å². The molecular formula is C12H21F2N3O2. The first kappa shape index (κ1) is 14.5. The number of amides is 2. The van der Waals surface area contributed by atoms with Gasteiger partial charge in [-0.15, -0.1) is 0 Å². The topological polar surface area (TPSA) is 44.8 Å². The average molecular weight is 277 g/mol. The Bertz CT molecular complexity index is 357. The molecule has 2 fully saturated rings. The summed E-state index contributed by atoms with van der Waals surface area (Å²) >= 11 is 0. The first-order valence-corrected chi connectivity index (χ1v) is 6.63. The van der Waals surface area contributed by atoms with E-state index in [-0.39, 0.29) is 25.2 Å². The normalized spacial score (nSPS) is 24.4. The number of carbonyl (C=O) groups excluding carboxylic acids is 1. The van der Waals surface area contributed by atoms with Crippen LogP contribution in [0.15, 0.2) is 0 Å². The number of nitrogens with zero attached hydrogens (tertiary/aromatic N) is 2. The lowest BCUT2D eigenvalue weighted by atomic mass is 9.92. The van der Waals surface area contributed by atoms with Gasteiger partial charge in [0.05, 0.1) is 19.6 Å². The van der Waals surface area contributed by atoms with Gasteiger partial charge in [0.2, 0.25) is 0 Å². The molecule has 1 spiro atoms. The molecule has 0 radical (unpaired) electrons. The summed E-state index contributed by atoms with van der Waals surface area (Å²) in [4.78, 5) is 15.4. The molecule has 2 amide bonds. The van der Waals surface area contributed by atoms with E-state index in [2.05, 4.69) is 5.32 Å². The summed E-state index contributed by atoms with van der Waals surface area (Å²) in [6.07, 6.45) is -3.14. The van der Waals surface area contributed by atoms with Crippen molar-refractivity contribution < 1.29 is 18.3 Å². The zero-order valence-electron chi connectivity index (χ0n) is 11.6. The minimum absolute atomic E-state index is 0.0980. The van der Waals surface area contributed by atoms with Crippen LogP contribution in [0.3, 0.4) is 0 Å². The van der Waals surface area contributed by atoms with Crippen molar-refractivity contribution in [2.24, 2.45) is 0 Å². The van der Waals surface area contributed by atoms with Crippen molar-refractivity contribution in [2.45, 2.75) is 38.5 Å². The highest BCUT2D eigenvalue weighted by Crippen LogP contribution is 2.34. The number of urea groups is 1. The molecule has 0 aliphatic carbocycles. The number of halogens is 2. The Morgan fingerprint density at radius 3 is 2.53 bits per heavy atom. The van der Waals surface area contributed by atoms with Crippen LogP contribution in [0.4, 0.5) is 13.6 Å². The molecule has 5 nitrogen and oxygen atoms in total. The van der Waals surface area contributed by atoms with Gasteiger partial charge in [-0.05, 0) is 20.8 Å². The average Bonchev–Trinajstić information content (AvgIpc) is 2.24. The van der Waals surface area contributed by atoms with Crippen LogP contribution in [-0.2, 0) is 4.74 Å². The first-order valence-electron chi connectivity index (χ1n) is 6.63. The van der Waals surface area contributed by atoms with Crippen molar-refractivity contribution >= 4 is 6.03 Å². The van der Waals surface area contributed by atoms with Gasteiger partial charge in [-0.1, -0.05) is 0 Å². The quantitative estimate of drug-likeness (QED) is 0.822. The van der Waals surface area contributed by atoms with Gasteiger partial charge < -0.3 is 19.9 Å². The Balaban J connectivity index is 1.93. The standard InChI is InChI=1S/C12H21F2N3O2/c1-4-17(9(2)3)10(18)16-7-11(8-16)5-15-6-12(13,14)19-11/h9,15H,4-8H2,1-3H3. The minimum Gasteiger partial charge on any atom is -0.323 e. The van der Waals surface area contributed by atoms with Crippen LogP contribution in [0.1, 0.15) is 20.8 Å². The van der Waals surface area contributed by atoms with Gasteiger partial charge in [0.15, 0.2) is 0 Å². The Labute approximate surface area is 111 Å². The monoisotopic (exact) mass is 277 g/mol. The predicted octanol–water partition coefficient (Wildman–Crippen LogP) is 1.10. The molecule has 2 rings (SSSR count). The third kappa shape index (κ3) is 2.81. The maximum Gasteiger partial charge on any atom is 0.368 e. The molecule has 0 saturated carbocycles. The highest BCUT2D eigenvalue weighted by Gasteiger charge is 2.55. The fourth-order valence-electron chi connectivity index (χ4n) is 2.69. The lowest BCUT2D eigenvalue weighted by Crippen LogP contribution is -2.74. The van der Waals surface area contributed by atoms with Crippen LogP contribution in [0.2, 0.25) is 0 Å². The molecule has 0 aromatic rings. The zero-order chi connectivity index (χ0) is 14.3. The molecule has 2 heterocycles. The first-order chi connectivity index (χ1) is 8.79. The summed E-state index contributed by atoms with van der Waals surface area (Å²) in [5, 5.41) is 2.67. The highest BCUT2D eigenvalue weighted by atomic mass is 19.3. The maximum absolute atomic E-state index is 13.2. The van der Waals surface area contributed by atoms with Crippen LogP contribution in [-0.4, -0.2) is 66.3 Å². The summed E-state index contributed by atoms with van der Waals surface area (Å²) in [5.74, 6) is 0. The Kier molecular flexibility index (Phi) is 3.70. The van der Waals surface area contributed by atoms with Crippen LogP contribution >= 0.6 is 0 Å². The molecule has 0 aromatic carbocycles. The summed E-state index contributed by atoms with van der Waals surface area (Å²) < 4.78 is 31.2. The van der Waals surface area contributed by atoms with Crippen LogP contribution < -0.4 is 5.32 Å². The zero-order valence-corrected chi connectivity index (χ0v) is 11.6. The van der Waals surface area contributed by atoms with Crippen molar-refractivity contribution in [1.29, 1.82) is 0 Å². The number of hydrogen-bond acceptors (Lipinski definition) is 3. The molecule has 7 heteroatoms.